The molecule has 0 bridgehead atoms. The van der Waals surface area contributed by atoms with E-state index in [0.29, 0.717) is 25.8 Å². The van der Waals surface area contributed by atoms with Crippen LogP contribution in [-0.2, 0) is 9.59 Å². The van der Waals surface area contributed by atoms with Crippen molar-refractivity contribution in [2.45, 2.75) is 47.0 Å². The standard InChI is InChI=1S/C10H20N2O2.C2H6.2H2/c1-3-9(13)5-6-10(14)12-8-7-11-4-2;1-2;;/h11H,3-8H2,1-2H3,(H,12,14);1-2H3;2*1H. The Labute approximate surface area is 102 Å². The first-order valence-corrected chi connectivity index (χ1v) is 6.19. The molecular weight excluding hydrogens is 204 g/mol. The van der Waals surface area contributed by atoms with Crippen molar-refractivity contribution in [3.8, 4) is 0 Å². The summed E-state index contributed by atoms with van der Waals surface area (Å²) in [7, 11) is 0. The van der Waals surface area contributed by atoms with Crippen LogP contribution in [0, 0.1) is 0 Å². The largest absolute Gasteiger partial charge is 0.355 e. The van der Waals surface area contributed by atoms with Crippen LogP contribution in [0.2, 0.25) is 0 Å². The highest BCUT2D eigenvalue weighted by Gasteiger charge is 2.03. The number of carbonyl (C=O) groups excluding carboxylic acids is 2. The minimum atomic E-state index is -0.0373. The van der Waals surface area contributed by atoms with Gasteiger partial charge in [0.2, 0.25) is 5.91 Å². The molecule has 0 rings (SSSR count). The van der Waals surface area contributed by atoms with Crippen LogP contribution in [0.15, 0.2) is 0 Å². The topological polar surface area (TPSA) is 58.2 Å². The number of likely N-dealkylation sites (N-methyl/N-ethyl adjacent to an activating group) is 1. The molecule has 4 nitrogen and oxygen atoms in total. The molecule has 0 saturated carbocycles. The Balaban J connectivity index is -0.000000232. The summed E-state index contributed by atoms with van der Waals surface area (Å²) in [6, 6.07) is 0. The van der Waals surface area contributed by atoms with Gasteiger partial charge in [-0.25, -0.2) is 0 Å². The lowest BCUT2D eigenvalue weighted by atomic mass is 10.2. The summed E-state index contributed by atoms with van der Waals surface area (Å²) in [5.74, 6) is 0.108. The Bertz CT molecular complexity index is 191. The molecular formula is C12H30N2O2. The van der Waals surface area contributed by atoms with Crippen molar-refractivity contribution in [2.24, 2.45) is 0 Å². The van der Waals surface area contributed by atoms with Gasteiger partial charge in [0.15, 0.2) is 0 Å². The second kappa shape index (κ2) is 14.1. The molecule has 0 aliphatic rings. The fraction of sp³-hybridized carbons (Fsp3) is 0.833. The molecule has 0 aromatic carbocycles. The first-order valence-electron chi connectivity index (χ1n) is 6.19. The highest BCUT2D eigenvalue weighted by molar-refractivity contribution is 5.84. The Hall–Kier alpha value is -0.900. The van der Waals surface area contributed by atoms with Crippen LogP contribution in [0.3, 0.4) is 0 Å². The number of amides is 1. The molecule has 0 heterocycles. The first kappa shape index (κ1) is 17.5. The fourth-order valence-electron chi connectivity index (χ4n) is 0.985. The lowest BCUT2D eigenvalue weighted by Crippen LogP contribution is -2.31. The van der Waals surface area contributed by atoms with E-state index in [1.54, 1.807) is 0 Å². The summed E-state index contributed by atoms with van der Waals surface area (Å²) in [5.41, 5.74) is 0. The van der Waals surface area contributed by atoms with Gasteiger partial charge in [-0.15, -0.1) is 0 Å². The first-order chi connectivity index (χ1) is 7.70. The van der Waals surface area contributed by atoms with Crippen molar-refractivity contribution < 1.29 is 12.4 Å². The van der Waals surface area contributed by atoms with Gasteiger partial charge in [0.25, 0.3) is 0 Å². The Morgan fingerprint density at radius 1 is 1.06 bits per heavy atom. The van der Waals surface area contributed by atoms with Crippen LogP contribution >= 0.6 is 0 Å². The van der Waals surface area contributed by atoms with Crippen LogP contribution in [0.4, 0.5) is 0 Å². The third kappa shape index (κ3) is 13.1. The van der Waals surface area contributed by atoms with Gasteiger partial charge in [0, 0.05) is 35.2 Å². The van der Waals surface area contributed by atoms with Gasteiger partial charge in [0.05, 0.1) is 0 Å². The number of carbonyl (C=O) groups is 2. The molecule has 0 unspecified atom stereocenters. The second-order valence-corrected chi connectivity index (χ2v) is 3.10. The third-order valence-corrected chi connectivity index (χ3v) is 1.90. The maximum Gasteiger partial charge on any atom is 0.220 e. The smallest absolute Gasteiger partial charge is 0.220 e. The minimum absolute atomic E-state index is 0. The van der Waals surface area contributed by atoms with Crippen LogP contribution < -0.4 is 10.6 Å². The number of ketones is 1. The van der Waals surface area contributed by atoms with E-state index < -0.39 is 0 Å². The van der Waals surface area contributed by atoms with E-state index in [2.05, 4.69) is 10.6 Å². The Morgan fingerprint density at radius 3 is 2.19 bits per heavy atom. The van der Waals surface area contributed by atoms with Crippen LogP contribution in [0.5, 0.6) is 0 Å². The third-order valence-electron chi connectivity index (χ3n) is 1.90. The predicted molar refractivity (Wildman–Crippen MR) is 71.7 cm³/mol. The molecule has 0 aliphatic carbocycles. The van der Waals surface area contributed by atoms with Crippen molar-refractivity contribution >= 4 is 11.7 Å². The molecule has 0 aliphatic heterocycles. The molecule has 4 heteroatoms. The summed E-state index contributed by atoms with van der Waals surface area (Å²) in [6.07, 6.45) is 1.20. The summed E-state index contributed by atoms with van der Waals surface area (Å²) < 4.78 is 0. The maximum atomic E-state index is 11.1. The number of Topliss-reactive ketones (excluding diaryl/α,β-unsaturated/α-hetero) is 1. The van der Waals surface area contributed by atoms with Gasteiger partial charge in [-0.05, 0) is 6.54 Å². The number of hydrogen-bond donors (Lipinski definition) is 2. The monoisotopic (exact) mass is 234 g/mol. The Kier molecular flexibility index (Phi) is 15.4. The summed E-state index contributed by atoms with van der Waals surface area (Å²) in [4.78, 5) is 22.0. The molecule has 100 valence electrons. The van der Waals surface area contributed by atoms with Gasteiger partial charge in [0.1, 0.15) is 5.78 Å². The zero-order chi connectivity index (χ0) is 12.8. The number of rotatable bonds is 8. The van der Waals surface area contributed by atoms with E-state index in [4.69, 9.17) is 0 Å². The van der Waals surface area contributed by atoms with E-state index in [1.807, 2.05) is 27.7 Å². The van der Waals surface area contributed by atoms with E-state index in [-0.39, 0.29) is 14.5 Å². The van der Waals surface area contributed by atoms with Crippen molar-refractivity contribution in [3.05, 3.63) is 0 Å². The molecule has 0 fully saturated rings. The van der Waals surface area contributed by atoms with Crippen LogP contribution in [0.1, 0.15) is 49.8 Å². The molecule has 0 aromatic heterocycles. The van der Waals surface area contributed by atoms with Crippen molar-refractivity contribution in [2.75, 3.05) is 19.6 Å². The Morgan fingerprint density at radius 2 is 1.69 bits per heavy atom. The maximum absolute atomic E-state index is 11.1. The predicted octanol–water partition coefficient (Wildman–Crippen LogP) is 1.99. The SMILES string of the molecule is CC.CCNCCNC(=O)CCC(=O)CC.[HH].[HH]. The highest BCUT2D eigenvalue weighted by atomic mass is 16.2. The number of hydrogen-bond acceptors (Lipinski definition) is 3. The van der Waals surface area contributed by atoms with Crippen LogP contribution in [0.25, 0.3) is 0 Å². The van der Waals surface area contributed by atoms with E-state index in [0.717, 1.165) is 13.1 Å². The lowest BCUT2D eigenvalue weighted by molar-refractivity contribution is -0.125. The molecule has 0 aromatic rings. The van der Waals surface area contributed by atoms with E-state index in [9.17, 15) is 9.59 Å². The number of nitrogens with one attached hydrogen (secondary N) is 2. The fourth-order valence-corrected chi connectivity index (χ4v) is 0.985. The van der Waals surface area contributed by atoms with Crippen LogP contribution in [-0.4, -0.2) is 31.3 Å². The van der Waals surface area contributed by atoms with Crippen molar-refractivity contribution in [1.29, 1.82) is 0 Å². The van der Waals surface area contributed by atoms with Gasteiger partial charge in [-0.2, -0.15) is 0 Å². The zero-order valence-corrected chi connectivity index (χ0v) is 11.1. The summed E-state index contributed by atoms with van der Waals surface area (Å²) >= 11 is 0. The van der Waals surface area contributed by atoms with Gasteiger partial charge >= 0.3 is 0 Å². The summed E-state index contributed by atoms with van der Waals surface area (Å²) in [6.45, 7) is 10.1. The molecule has 0 spiro atoms. The van der Waals surface area contributed by atoms with Gasteiger partial charge in [-0.3, -0.25) is 9.59 Å². The van der Waals surface area contributed by atoms with Crippen molar-refractivity contribution in [1.82, 2.24) is 10.6 Å². The lowest BCUT2D eigenvalue weighted by Gasteiger charge is -2.04. The highest BCUT2D eigenvalue weighted by Crippen LogP contribution is 1.93. The molecule has 0 atom stereocenters. The van der Waals surface area contributed by atoms with Crippen molar-refractivity contribution in [3.63, 3.8) is 0 Å². The quantitative estimate of drug-likeness (QED) is 0.631. The minimum Gasteiger partial charge on any atom is -0.355 e. The van der Waals surface area contributed by atoms with E-state index in [1.165, 1.54) is 0 Å². The molecule has 0 radical (unpaired) electrons. The molecule has 1 amide bonds. The van der Waals surface area contributed by atoms with Gasteiger partial charge in [-0.1, -0.05) is 27.7 Å². The average Bonchev–Trinajstić information content (AvgIpc) is 2.34. The molecule has 2 N–H and O–H groups in total. The molecule has 0 saturated heterocycles. The van der Waals surface area contributed by atoms with Gasteiger partial charge < -0.3 is 10.6 Å². The molecule has 16 heavy (non-hydrogen) atoms. The zero-order valence-electron chi connectivity index (χ0n) is 11.1. The summed E-state index contributed by atoms with van der Waals surface area (Å²) in [5, 5.41) is 5.84. The average molecular weight is 234 g/mol. The normalized spacial score (nSPS) is 9.00. The van der Waals surface area contributed by atoms with E-state index >= 15 is 0 Å². The second-order valence-electron chi connectivity index (χ2n) is 3.10.